The summed E-state index contributed by atoms with van der Waals surface area (Å²) in [6.07, 6.45) is 0.00828. The molecule has 0 aliphatic carbocycles. The van der Waals surface area contributed by atoms with E-state index in [2.05, 4.69) is 44.6 Å². The number of anilines is 2. The molecule has 4 heterocycles. The lowest BCUT2D eigenvalue weighted by Gasteiger charge is -2.34. The molecule has 0 radical (unpaired) electrons. The van der Waals surface area contributed by atoms with Crippen LogP contribution in [-0.4, -0.2) is 86.5 Å². The highest BCUT2D eigenvalue weighted by atomic mass is 32.1. The minimum Gasteiger partial charge on any atom is -0.480 e. The molecule has 2 aromatic heterocycles. The average molecular weight is 637 g/mol. The van der Waals surface area contributed by atoms with Gasteiger partial charge in [-0.1, -0.05) is 11.3 Å². The lowest BCUT2D eigenvalue weighted by atomic mass is 10.1. The first-order valence-corrected chi connectivity index (χ1v) is 14.9. The zero-order valence-electron chi connectivity index (χ0n) is 24.1. The maximum atomic E-state index is 14.3. The van der Waals surface area contributed by atoms with Crippen LogP contribution in [0.15, 0.2) is 30.6 Å². The van der Waals surface area contributed by atoms with Gasteiger partial charge in [0.25, 0.3) is 5.91 Å². The Morgan fingerprint density at radius 2 is 1.75 bits per heavy atom. The highest BCUT2D eigenvalue weighted by molar-refractivity contribution is 7.16. The fourth-order valence-electron chi connectivity index (χ4n) is 5.46. The van der Waals surface area contributed by atoms with Crippen LogP contribution in [0.4, 0.5) is 28.5 Å². The van der Waals surface area contributed by atoms with Gasteiger partial charge in [-0.2, -0.15) is 13.2 Å². The molecule has 3 aromatic rings. The molecule has 2 aliphatic heterocycles. The Labute approximate surface area is 254 Å². The quantitative estimate of drug-likeness (QED) is 0.234. The number of aliphatic carboxylic acids is 1. The highest BCUT2D eigenvalue weighted by Gasteiger charge is 2.33. The van der Waals surface area contributed by atoms with Gasteiger partial charge >= 0.3 is 12.1 Å². The summed E-state index contributed by atoms with van der Waals surface area (Å²) in [6.45, 7) is 6.78. The van der Waals surface area contributed by atoms with Crippen LogP contribution in [0.3, 0.4) is 0 Å². The van der Waals surface area contributed by atoms with Crippen molar-refractivity contribution in [2.75, 3.05) is 43.0 Å². The molecule has 16 heteroatoms. The lowest BCUT2D eigenvalue weighted by molar-refractivity contribution is -0.139. The number of carbonyl (C=O) groups is 2. The number of hydrogen-bond donors (Lipinski definition) is 3. The molecule has 1 amide bonds. The number of alkyl halides is 3. The third kappa shape index (κ3) is 7.42. The van der Waals surface area contributed by atoms with Crippen molar-refractivity contribution in [3.05, 3.63) is 52.5 Å². The summed E-state index contributed by atoms with van der Waals surface area (Å²) >= 11 is 1.16. The molecular weight excluding hydrogens is 604 g/mol. The van der Waals surface area contributed by atoms with Crippen LogP contribution in [0.2, 0.25) is 0 Å². The number of nitrogens with zero attached hydrogens (tertiary/aromatic N) is 6. The van der Waals surface area contributed by atoms with Gasteiger partial charge in [-0.15, -0.1) is 0 Å². The van der Waals surface area contributed by atoms with Crippen molar-refractivity contribution >= 4 is 34.2 Å². The van der Waals surface area contributed by atoms with Crippen LogP contribution < -0.4 is 15.8 Å². The smallest absolute Gasteiger partial charge is 0.416 e. The molecule has 2 atom stereocenters. The van der Waals surface area contributed by atoms with Crippen molar-refractivity contribution in [1.29, 1.82) is 0 Å². The molecule has 0 spiro atoms. The Hall–Kier alpha value is -3.89. The summed E-state index contributed by atoms with van der Waals surface area (Å²) < 4.78 is 54.7. The molecule has 44 heavy (non-hydrogen) atoms. The number of rotatable bonds is 9. The number of halogens is 4. The molecule has 11 nitrogen and oxygen atoms in total. The largest absolute Gasteiger partial charge is 0.480 e. The predicted molar refractivity (Wildman–Crippen MR) is 156 cm³/mol. The lowest BCUT2D eigenvalue weighted by Crippen LogP contribution is -2.48. The van der Waals surface area contributed by atoms with Crippen LogP contribution in [0, 0.1) is 5.82 Å². The van der Waals surface area contributed by atoms with E-state index in [9.17, 15) is 27.2 Å². The van der Waals surface area contributed by atoms with Gasteiger partial charge in [0.1, 0.15) is 17.3 Å². The molecule has 0 unspecified atom stereocenters. The Morgan fingerprint density at radius 3 is 2.36 bits per heavy atom. The fourth-order valence-corrected chi connectivity index (χ4v) is 6.40. The van der Waals surface area contributed by atoms with Gasteiger partial charge in [0, 0.05) is 55.2 Å². The molecule has 2 aliphatic rings. The number of piperazine rings is 1. The average Bonchev–Trinajstić information content (AvgIpc) is 3.53. The summed E-state index contributed by atoms with van der Waals surface area (Å²) in [7, 11) is 0. The number of carbonyl (C=O) groups excluding carboxylic acids is 1. The van der Waals surface area contributed by atoms with Crippen LogP contribution in [-0.2, 0) is 17.5 Å². The normalized spacial score (nSPS) is 19.7. The molecule has 1 aromatic carbocycles. The van der Waals surface area contributed by atoms with E-state index in [0.29, 0.717) is 49.5 Å². The first kappa shape index (κ1) is 31.5. The summed E-state index contributed by atoms with van der Waals surface area (Å²) in [4.78, 5) is 43.3. The Bertz CT molecular complexity index is 1480. The van der Waals surface area contributed by atoms with Crippen molar-refractivity contribution < 1.29 is 32.3 Å². The summed E-state index contributed by atoms with van der Waals surface area (Å²) in [5.74, 6) is -1.96. The fraction of sp³-hybridized carbons (Fsp3) is 0.464. The summed E-state index contributed by atoms with van der Waals surface area (Å²) in [5.41, 5.74) is 4.33. The maximum absolute atomic E-state index is 14.3. The van der Waals surface area contributed by atoms with Gasteiger partial charge in [-0.05, 0) is 44.9 Å². The second kappa shape index (κ2) is 13.0. The van der Waals surface area contributed by atoms with Crippen LogP contribution in [0.25, 0.3) is 11.3 Å². The van der Waals surface area contributed by atoms with Gasteiger partial charge in [0.2, 0.25) is 5.13 Å². The van der Waals surface area contributed by atoms with E-state index in [4.69, 9.17) is 5.11 Å². The summed E-state index contributed by atoms with van der Waals surface area (Å²) in [6, 6.07) is 2.86. The van der Waals surface area contributed by atoms with Crippen LogP contribution in [0.1, 0.15) is 47.6 Å². The van der Waals surface area contributed by atoms with E-state index in [-0.39, 0.29) is 40.7 Å². The maximum Gasteiger partial charge on any atom is 0.416 e. The zero-order chi connectivity index (χ0) is 31.6. The van der Waals surface area contributed by atoms with Gasteiger partial charge in [-0.3, -0.25) is 30.2 Å². The van der Waals surface area contributed by atoms with E-state index in [1.165, 1.54) is 12.4 Å². The predicted octanol–water partition coefficient (Wildman–Crippen LogP) is 4.09. The van der Waals surface area contributed by atoms with E-state index in [0.717, 1.165) is 36.3 Å². The van der Waals surface area contributed by atoms with Crippen molar-refractivity contribution in [3.8, 4) is 11.3 Å². The number of likely N-dealkylation sites (tertiary alicyclic amines) is 1. The highest BCUT2D eigenvalue weighted by Crippen LogP contribution is 2.38. The first-order chi connectivity index (χ1) is 20.9. The van der Waals surface area contributed by atoms with E-state index in [1.807, 2.05) is 9.80 Å². The minimum absolute atomic E-state index is 0.00676. The number of carboxylic acid groups (broad SMARTS) is 1. The number of thiazole rings is 1. The molecule has 0 saturated carbocycles. The zero-order valence-corrected chi connectivity index (χ0v) is 24.9. The Balaban J connectivity index is 1.29. The molecular formula is C28H32F4N8O3S. The van der Waals surface area contributed by atoms with E-state index in [1.54, 1.807) is 0 Å². The van der Waals surface area contributed by atoms with Gasteiger partial charge in [0.05, 0.1) is 30.2 Å². The van der Waals surface area contributed by atoms with Crippen molar-refractivity contribution in [3.63, 3.8) is 0 Å². The second-order valence-electron chi connectivity index (χ2n) is 11.0. The Kier molecular flexibility index (Phi) is 9.31. The van der Waals surface area contributed by atoms with Crippen LogP contribution in [0.5, 0.6) is 0 Å². The number of aromatic nitrogens is 3. The van der Waals surface area contributed by atoms with Crippen molar-refractivity contribution in [2.24, 2.45) is 0 Å². The molecule has 2 fully saturated rings. The molecule has 236 valence electrons. The molecule has 3 N–H and O–H groups in total. The third-order valence-corrected chi connectivity index (χ3v) is 8.82. The van der Waals surface area contributed by atoms with Crippen molar-refractivity contribution in [2.45, 2.75) is 51.5 Å². The standard InChI is InChI=1S/C28H32F4N8O3S/c1-16-3-4-17(2)40(16)14-22-25(18-9-19(28(30,31)32)11-20(29)10-18)35-27(44-22)37-36-26(43)21-12-34-23(13-33-21)39-7-5-38(6-8-39)15-24(41)42/h9-13,16-17H,3-8,14-15H2,1-2H3,(H,35,37)(H,36,43)(H,41,42)/t16-,17-/m1/s1. The number of benzene rings is 1. The van der Waals surface area contributed by atoms with Gasteiger partial charge < -0.3 is 10.0 Å². The Morgan fingerprint density at radius 1 is 1.05 bits per heavy atom. The second-order valence-corrected chi connectivity index (χ2v) is 12.0. The molecule has 2 saturated heterocycles. The van der Waals surface area contributed by atoms with E-state index < -0.39 is 29.4 Å². The number of amides is 1. The van der Waals surface area contributed by atoms with E-state index >= 15 is 0 Å². The van der Waals surface area contributed by atoms with Crippen LogP contribution >= 0.6 is 11.3 Å². The number of hydrazine groups is 1. The van der Waals surface area contributed by atoms with Gasteiger partial charge in [0.15, 0.2) is 0 Å². The third-order valence-electron chi connectivity index (χ3n) is 7.87. The molecule has 5 rings (SSSR count). The minimum atomic E-state index is -4.73. The monoisotopic (exact) mass is 636 g/mol. The number of hydrogen-bond acceptors (Lipinski definition) is 10. The summed E-state index contributed by atoms with van der Waals surface area (Å²) in [5, 5.41) is 9.17. The first-order valence-electron chi connectivity index (χ1n) is 14.1. The van der Waals surface area contributed by atoms with Gasteiger partial charge in [-0.25, -0.2) is 19.3 Å². The number of carboxylic acids is 1. The van der Waals surface area contributed by atoms with Crippen molar-refractivity contribution in [1.82, 2.24) is 30.2 Å². The number of nitrogens with one attached hydrogen (secondary N) is 2. The SMILES string of the molecule is C[C@@H]1CC[C@@H](C)N1Cc1sc(NNC(=O)c2cnc(N3CCN(CC(=O)O)CC3)cn2)nc1-c1cc(F)cc(C(F)(F)F)c1. The molecule has 0 bridgehead atoms. The topological polar surface area (TPSA) is 127 Å².